The van der Waals surface area contributed by atoms with Crippen LogP contribution in [-0.2, 0) is 0 Å². The summed E-state index contributed by atoms with van der Waals surface area (Å²) in [5, 5.41) is 0. The Labute approximate surface area is 75.5 Å². The molecule has 1 heteroatoms. The zero-order valence-electron chi connectivity index (χ0n) is 8.51. The van der Waals surface area contributed by atoms with Crippen molar-refractivity contribution < 1.29 is 4.58 Å². The van der Waals surface area contributed by atoms with Crippen LogP contribution in [0.5, 0.6) is 0 Å². The molecule has 2 aliphatic rings. The highest BCUT2D eigenvalue weighted by molar-refractivity contribution is 5.83. The van der Waals surface area contributed by atoms with Crippen molar-refractivity contribution in [2.75, 3.05) is 13.6 Å². The molecule has 0 amide bonds. The van der Waals surface area contributed by atoms with Crippen LogP contribution in [0.3, 0.4) is 0 Å². The van der Waals surface area contributed by atoms with Gasteiger partial charge < -0.3 is 0 Å². The molecule has 0 aromatic rings. The van der Waals surface area contributed by atoms with Crippen LogP contribution in [-0.4, -0.2) is 23.9 Å². The van der Waals surface area contributed by atoms with E-state index in [0.717, 1.165) is 17.8 Å². The minimum atomic E-state index is 0.914. The summed E-state index contributed by atoms with van der Waals surface area (Å²) in [5.74, 6) is 2.91. The largest absolute Gasteiger partial charge is 0.239 e. The van der Waals surface area contributed by atoms with E-state index in [2.05, 4.69) is 25.5 Å². The van der Waals surface area contributed by atoms with Crippen LogP contribution in [0, 0.1) is 17.8 Å². The molecule has 0 saturated heterocycles. The third kappa shape index (κ3) is 1.19. The summed E-state index contributed by atoms with van der Waals surface area (Å²) in [6.07, 6.45) is 4.25. The first-order chi connectivity index (χ1) is 5.74. The van der Waals surface area contributed by atoms with Crippen LogP contribution in [0.25, 0.3) is 0 Å². The van der Waals surface area contributed by atoms with Crippen molar-refractivity contribution >= 4 is 5.71 Å². The lowest BCUT2D eigenvalue weighted by molar-refractivity contribution is -0.494. The van der Waals surface area contributed by atoms with Gasteiger partial charge in [-0.25, -0.2) is 4.58 Å². The summed E-state index contributed by atoms with van der Waals surface area (Å²) >= 11 is 0. The Morgan fingerprint density at radius 1 is 1.42 bits per heavy atom. The molecule has 68 valence electrons. The van der Waals surface area contributed by atoms with Gasteiger partial charge in [0.15, 0.2) is 5.71 Å². The van der Waals surface area contributed by atoms with E-state index in [9.17, 15) is 0 Å². The zero-order valence-corrected chi connectivity index (χ0v) is 8.51. The molecule has 0 radical (unpaired) electrons. The number of nitrogens with zero attached hydrogens (tertiary/aromatic N) is 1. The Morgan fingerprint density at radius 2 is 2.08 bits per heavy atom. The summed E-state index contributed by atoms with van der Waals surface area (Å²) in [6, 6.07) is 0. The molecule has 1 aliphatic carbocycles. The Hall–Kier alpha value is -0.330. The smallest absolute Gasteiger partial charge is 0.155 e. The molecule has 0 aromatic carbocycles. The van der Waals surface area contributed by atoms with Gasteiger partial charge in [0.05, 0.1) is 5.92 Å². The van der Waals surface area contributed by atoms with Crippen molar-refractivity contribution in [2.45, 2.75) is 33.1 Å². The normalized spacial score (nSPS) is 36.2. The standard InChI is InChI=1S/C11H20N/c1-4-10-11(9-5-6-9)8(2)7-12(10)3/h8-9,11H,4-7H2,1-3H3/q+1. The lowest BCUT2D eigenvalue weighted by Crippen LogP contribution is -2.19. The number of hydrogen-bond acceptors (Lipinski definition) is 0. The third-order valence-corrected chi connectivity index (χ3v) is 3.54. The molecule has 0 N–H and O–H groups in total. The Morgan fingerprint density at radius 3 is 2.58 bits per heavy atom. The van der Waals surface area contributed by atoms with Crippen LogP contribution in [0.4, 0.5) is 0 Å². The molecule has 0 spiro atoms. The van der Waals surface area contributed by atoms with Gasteiger partial charge in [-0.1, -0.05) is 13.8 Å². The number of hydrogen-bond donors (Lipinski definition) is 0. The minimum absolute atomic E-state index is 0.914. The Kier molecular flexibility index (Phi) is 1.97. The fourth-order valence-electron chi connectivity index (χ4n) is 2.94. The van der Waals surface area contributed by atoms with Crippen molar-refractivity contribution in [3.05, 3.63) is 0 Å². The molecule has 0 bridgehead atoms. The van der Waals surface area contributed by atoms with Crippen LogP contribution in [0.1, 0.15) is 33.1 Å². The first-order valence-corrected chi connectivity index (χ1v) is 5.31. The first-order valence-electron chi connectivity index (χ1n) is 5.31. The summed E-state index contributed by atoms with van der Waals surface area (Å²) in [6.45, 7) is 6.02. The fourth-order valence-corrected chi connectivity index (χ4v) is 2.94. The van der Waals surface area contributed by atoms with Gasteiger partial charge in [-0.05, 0) is 18.8 Å². The summed E-state index contributed by atoms with van der Waals surface area (Å²) in [7, 11) is 2.26. The van der Waals surface area contributed by atoms with Crippen molar-refractivity contribution in [1.82, 2.24) is 0 Å². The quantitative estimate of drug-likeness (QED) is 0.553. The van der Waals surface area contributed by atoms with Crippen molar-refractivity contribution in [2.24, 2.45) is 17.8 Å². The van der Waals surface area contributed by atoms with Gasteiger partial charge in [0.25, 0.3) is 0 Å². The van der Waals surface area contributed by atoms with Gasteiger partial charge in [0.1, 0.15) is 13.6 Å². The molecule has 1 aliphatic heterocycles. The molecule has 2 rings (SSSR count). The highest BCUT2D eigenvalue weighted by Gasteiger charge is 2.45. The van der Waals surface area contributed by atoms with E-state index in [1.807, 2.05) is 0 Å². The van der Waals surface area contributed by atoms with Gasteiger partial charge >= 0.3 is 0 Å². The maximum absolute atomic E-state index is 2.49. The lowest BCUT2D eigenvalue weighted by Gasteiger charge is -2.10. The van der Waals surface area contributed by atoms with E-state index in [0.29, 0.717) is 0 Å². The highest BCUT2D eigenvalue weighted by atomic mass is 15.0. The maximum Gasteiger partial charge on any atom is 0.155 e. The minimum Gasteiger partial charge on any atom is -0.239 e. The molecule has 1 nitrogen and oxygen atoms in total. The van der Waals surface area contributed by atoms with E-state index in [-0.39, 0.29) is 0 Å². The summed E-state index contributed by atoms with van der Waals surface area (Å²) in [5.41, 5.74) is 1.73. The van der Waals surface area contributed by atoms with Gasteiger partial charge in [0.2, 0.25) is 0 Å². The average molecular weight is 166 g/mol. The van der Waals surface area contributed by atoms with Crippen molar-refractivity contribution in [3.63, 3.8) is 0 Å². The topological polar surface area (TPSA) is 3.01 Å². The molecule has 1 heterocycles. The number of rotatable bonds is 2. The van der Waals surface area contributed by atoms with E-state index in [4.69, 9.17) is 0 Å². The second-order valence-corrected chi connectivity index (χ2v) is 4.57. The molecule has 12 heavy (non-hydrogen) atoms. The van der Waals surface area contributed by atoms with Crippen LogP contribution >= 0.6 is 0 Å². The van der Waals surface area contributed by atoms with E-state index < -0.39 is 0 Å². The first kappa shape index (κ1) is 8.28. The van der Waals surface area contributed by atoms with Crippen molar-refractivity contribution in [3.8, 4) is 0 Å². The van der Waals surface area contributed by atoms with E-state index >= 15 is 0 Å². The van der Waals surface area contributed by atoms with Crippen LogP contribution in [0.2, 0.25) is 0 Å². The SMILES string of the molecule is CCC1=[N+](C)CC(C)C1C1CC1. The molecular weight excluding hydrogens is 146 g/mol. The Bertz CT molecular complexity index is 213. The van der Waals surface area contributed by atoms with Crippen molar-refractivity contribution in [1.29, 1.82) is 0 Å². The second-order valence-electron chi connectivity index (χ2n) is 4.57. The fraction of sp³-hybridized carbons (Fsp3) is 0.909. The van der Waals surface area contributed by atoms with Crippen LogP contribution in [0.15, 0.2) is 0 Å². The van der Waals surface area contributed by atoms with Crippen LogP contribution < -0.4 is 0 Å². The maximum atomic E-state index is 2.49. The summed E-state index contributed by atoms with van der Waals surface area (Å²) in [4.78, 5) is 0. The molecule has 2 atom stereocenters. The van der Waals surface area contributed by atoms with E-state index in [1.54, 1.807) is 5.71 Å². The Balaban J connectivity index is 2.17. The highest BCUT2D eigenvalue weighted by Crippen LogP contribution is 2.43. The predicted molar refractivity (Wildman–Crippen MR) is 51.7 cm³/mol. The zero-order chi connectivity index (χ0) is 8.72. The summed E-state index contributed by atoms with van der Waals surface area (Å²) < 4.78 is 2.49. The van der Waals surface area contributed by atoms with Gasteiger partial charge in [-0.15, -0.1) is 0 Å². The predicted octanol–water partition coefficient (Wildman–Crippen LogP) is 2.16. The lowest BCUT2D eigenvalue weighted by atomic mass is 9.87. The average Bonchev–Trinajstić information content (AvgIpc) is 2.78. The van der Waals surface area contributed by atoms with Gasteiger partial charge in [-0.3, -0.25) is 0 Å². The molecule has 2 unspecified atom stereocenters. The molecule has 1 fully saturated rings. The third-order valence-electron chi connectivity index (χ3n) is 3.54. The monoisotopic (exact) mass is 166 g/mol. The van der Waals surface area contributed by atoms with E-state index in [1.165, 1.54) is 25.8 Å². The molecule has 1 saturated carbocycles. The molecule has 0 aromatic heterocycles. The van der Waals surface area contributed by atoms with Gasteiger partial charge in [0, 0.05) is 12.3 Å². The van der Waals surface area contributed by atoms with Gasteiger partial charge in [-0.2, -0.15) is 0 Å². The molecular formula is C11H20N+. The second kappa shape index (κ2) is 2.86.